The van der Waals surface area contributed by atoms with Gasteiger partial charge in [-0.1, -0.05) is 24.6 Å². The highest BCUT2D eigenvalue weighted by Crippen LogP contribution is 2.29. The molecule has 1 N–H and O–H groups in total. The normalized spacial score (nSPS) is 10.8. The Morgan fingerprint density at radius 1 is 1.39 bits per heavy atom. The van der Waals surface area contributed by atoms with Crippen molar-refractivity contribution in [3.8, 4) is 11.5 Å². The van der Waals surface area contributed by atoms with Crippen LogP contribution in [-0.4, -0.2) is 23.3 Å². The van der Waals surface area contributed by atoms with E-state index in [0.29, 0.717) is 12.3 Å². The van der Waals surface area contributed by atoms with Crippen LogP contribution in [0.15, 0.2) is 22.6 Å². The number of benzene rings is 1. The van der Waals surface area contributed by atoms with E-state index in [1.807, 2.05) is 6.92 Å². The number of likely N-dealkylation sites (N-methyl/N-ethyl adjacent to an activating group) is 1. The minimum atomic E-state index is -0.468. The molecule has 0 amide bonds. The third kappa shape index (κ3) is 2.86. The number of aromatic nitrogens is 2. The molecule has 0 aliphatic heterocycles. The lowest BCUT2D eigenvalue weighted by Crippen LogP contribution is -2.16. The van der Waals surface area contributed by atoms with E-state index in [-0.39, 0.29) is 16.5 Å². The van der Waals surface area contributed by atoms with Gasteiger partial charge in [0.25, 0.3) is 5.89 Å². The van der Waals surface area contributed by atoms with Crippen LogP contribution in [0.25, 0.3) is 11.5 Å². The Labute approximate surface area is 109 Å². The van der Waals surface area contributed by atoms with Gasteiger partial charge in [-0.3, -0.25) is 0 Å². The topological polar surface area (TPSA) is 51.0 Å². The van der Waals surface area contributed by atoms with Crippen molar-refractivity contribution < 1.29 is 8.81 Å². The Morgan fingerprint density at radius 2 is 2.22 bits per heavy atom. The first-order chi connectivity index (χ1) is 8.72. The average Bonchev–Trinajstić information content (AvgIpc) is 2.78. The lowest BCUT2D eigenvalue weighted by atomic mass is 10.2. The van der Waals surface area contributed by atoms with Gasteiger partial charge < -0.3 is 9.73 Å². The summed E-state index contributed by atoms with van der Waals surface area (Å²) >= 11 is 5.92. The van der Waals surface area contributed by atoms with E-state index < -0.39 is 5.82 Å². The summed E-state index contributed by atoms with van der Waals surface area (Å²) in [6.07, 6.45) is 0.604. The van der Waals surface area contributed by atoms with Crippen molar-refractivity contribution in [3.63, 3.8) is 0 Å². The molecule has 2 rings (SSSR count). The molecule has 0 atom stereocenters. The highest BCUT2D eigenvalue weighted by molar-refractivity contribution is 6.33. The van der Waals surface area contributed by atoms with Crippen LogP contribution in [0.3, 0.4) is 0 Å². The fourth-order valence-electron chi connectivity index (χ4n) is 1.53. The molecule has 1 heterocycles. The molecule has 0 saturated heterocycles. The van der Waals surface area contributed by atoms with Gasteiger partial charge in [-0.25, -0.2) is 4.39 Å². The largest absolute Gasteiger partial charge is 0.420 e. The van der Waals surface area contributed by atoms with Crippen LogP contribution in [0.2, 0.25) is 5.02 Å². The Morgan fingerprint density at radius 3 is 2.94 bits per heavy atom. The minimum absolute atomic E-state index is 0.115. The summed E-state index contributed by atoms with van der Waals surface area (Å²) in [5.41, 5.74) is 0.154. The maximum absolute atomic E-state index is 13.6. The molecule has 0 aliphatic carbocycles. The lowest BCUT2D eigenvalue weighted by molar-refractivity contribution is 0.493. The van der Waals surface area contributed by atoms with Crippen molar-refractivity contribution in [1.82, 2.24) is 15.5 Å². The zero-order valence-corrected chi connectivity index (χ0v) is 10.7. The molecule has 0 spiro atoms. The molecule has 0 unspecified atom stereocenters. The van der Waals surface area contributed by atoms with Gasteiger partial charge in [-0.05, 0) is 18.7 Å². The van der Waals surface area contributed by atoms with E-state index in [1.54, 1.807) is 6.07 Å². The van der Waals surface area contributed by atoms with Gasteiger partial charge in [0.15, 0.2) is 0 Å². The molecule has 0 aliphatic rings. The second kappa shape index (κ2) is 5.93. The predicted octanol–water partition coefficient (Wildman–Crippen LogP) is 2.68. The number of hydrogen-bond acceptors (Lipinski definition) is 4. The summed E-state index contributed by atoms with van der Waals surface area (Å²) in [5, 5.41) is 11.1. The van der Waals surface area contributed by atoms with Crippen molar-refractivity contribution in [1.29, 1.82) is 0 Å². The molecule has 0 fully saturated rings. The molecular formula is C12H13ClFN3O. The zero-order valence-electron chi connectivity index (χ0n) is 9.91. The van der Waals surface area contributed by atoms with E-state index in [4.69, 9.17) is 16.0 Å². The molecule has 0 radical (unpaired) electrons. The average molecular weight is 270 g/mol. The Balaban J connectivity index is 2.19. The van der Waals surface area contributed by atoms with Crippen molar-refractivity contribution in [2.24, 2.45) is 0 Å². The van der Waals surface area contributed by atoms with Crippen LogP contribution in [0.1, 0.15) is 12.8 Å². The molecular weight excluding hydrogens is 257 g/mol. The molecule has 0 saturated carbocycles. The molecule has 0 bridgehead atoms. The number of hydrogen-bond donors (Lipinski definition) is 1. The fourth-order valence-corrected chi connectivity index (χ4v) is 1.77. The van der Waals surface area contributed by atoms with Crippen molar-refractivity contribution in [2.75, 3.05) is 13.1 Å². The summed E-state index contributed by atoms with van der Waals surface area (Å²) in [6.45, 7) is 3.63. The third-order valence-electron chi connectivity index (χ3n) is 2.41. The van der Waals surface area contributed by atoms with E-state index in [0.717, 1.165) is 13.1 Å². The standard InChI is InChI=1S/C12H13ClFN3O/c1-2-15-7-6-10-16-17-12(18-10)11-8(13)4-3-5-9(11)14/h3-5,15H,2,6-7H2,1H3. The van der Waals surface area contributed by atoms with Crippen LogP contribution in [0.4, 0.5) is 4.39 Å². The Hall–Kier alpha value is -1.46. The van der Waals surface area contributed by atoms with Gasteiger partial charge >= 0.3 is 0 Å². The lowest BCUT2D eigenvalue weighted by Gasteiger charge is -2.00. The van der Waals surface area contributed by atoms with Crippen LogP contribution in [-0.2, 0) is 6.42 Å². The molecule has 4 nitrogen and oxygen atoms in total. The predicted molar refractivity (Wildman–Crippen MR) is 66.9 cm³/mol. The second-order valence-electron chi connectivity index (χ2n) is 3.70. The number of rotatable bonds is 5. The minimum Gasteiger partial charge on any atom is -0.420 e. The maximum atomic E-state index is 13.6. The van der Waals surface area contributed by atoms with Gasteiger partial charge in [0, 0.05) is 13.0 Å². The van der Waals surface area contributed by atoms with Gasteiger partial charge in [0.1, 0.15) is 5.82 Å². The van der Waals surface area contributed by atoms with E-state index in [2.05, 4.69) is 15.5 Å². The Bertz CT molecular complexity index is 510. The first kappa shape index (κ1) is 13.0. The summed E-state index contributed by atoms with van der Waals surface area (Å²) in [4.78, 5) is 0. The molecule has 6 heteroatoms. The summed E-state index contributed by atoms with van der Waals surface area (Å²) < 4.78 is 19.0. The van der Waals surface area contributed by atoms with Crippen molar-refractivity contribution in [3.05, 3.63) is 34.9 Å². The zero-order chi connectivity index (χ0) is 13.0. The van der Waals surface area contributed by atoms with Crippen LogP contribution >= 0.6 is 11.6 Å². The van der Waals surface area contributed by atoms with Gasteiger partial charge in [0.2, 0.25) is 5.89 Å². The highest BCUT2D eigenvalue weighted by Gasteiger charge is 2.16. The van der Waals surface area contributed by atoms with E-state index in [1.165, 1.54) is 12.1 Å². The van der Waals surface area contributed by atoms with Crippen LogP contribution in [0, 0.1) is 5.82 Å². The Kier molecular flexibility index (Phi) is 4.28. The molecule has 96 valence electrons. The summed E-state index contributed by atoms with van der Waals surface area (Å²) in [5.74, 6) is 0.110. The summed E-state index contributed by atoms with van der Waals surface area (Å²) in [6, 6.07) is 4.43. The molecule has 2 aromatic rings. The number of nitrogens with zero attached hydrogens (tertiary/aromatic N) is 2. The molecule has 1 aromatic heterocycles. The van der Waals surface area contributed by atoms with Crippen LogP contribution < -0.4 is 5.32 Å². The quantitative estimate of drug-likeness (QED) is 0.848. The summed E-state index contributed by atoms with van der Waals surface area (Å²) in [7, 11) is 0. The first-order valence-electron chi connectivity index (χ1n) is 5.70. The fraction of sp³-hybridized carbons (Fsp3) is 0.333. The third-order valence-corrected chi connectivity index (χ3v) is 2.72. The van der Waals surface area contributed by atoms with Crippen molar-refractivity contribution >= 4 is 11.6 Å². The highest BCUT2D eigenvalue weighted by atomic mass is 35.5. The maximum Gasteiger partial charge on any atom is 0.252 e. The monoisotopic (exact) mass is 269 g/mol. The van der Waals surface area contributed by atoms with E-state index >= 15 is 0 Å². The van der Waals surface area contributed by atoms with E-state index in [9.17, 15) is 4.39 Å². The van der Waals surface area contributed by atoms with Crippen LogP contribution in [0.5, 0.6) is 0 Å². The SMILES string of the molecule is CCNCCc1nnc(-c2c(F)cccc2Cl)o1. The molecule has 1 aromatic carbocycles. The smallest absolute Gasteiger partial charge is 0.252 e. The first-order valence-corrected chi connectivity index (χ1v) is 6.07. The second-order valence-corrected chi connectivity index (χ2v) is 4.11. The van der Waals surface area contributed by atoms with Gasteiger partial charge in [0.05, 0.1) is 10.6 Å². The number of nitrogens with one attached hydrogen (secondary N) is 1. The van der Waals surface area contributed by atoms with Crippen molar-refractivity contribution in [2.45, 2.75) is 13.3 Å². The van der Waals surface area contributed by atoms with Gasteiger partial charge in [-0.2, -0.15) is 0 Å². The number of halogens is 2. The van der Waals surface area contributed by atoms with Gasteiger partial charge in [-0.15, -0.1) is 10.2 Å². The molecule has 18 heavy (non-hydrogen) atoms.